The minimum Gasteiger partial charge on any atom is -0.493 e. The topological polar surface area (TPSA) is 82.6 Å². The van der Waals surface area contributed by atoms with Gasteiger partial charge in [-0.3, -0.25) is 4.79 Å². The van der Waals surface area contributed by atoms with Gasteiger partial charge in [-0.25, -0.2) is 9.97 Å². The molecule has 1 unspecified atom stereocenters. The van der Waals surface area contributed by atoms with Gasteiger partial charge in [-0.15, -0.1) is 0 Å². The molecule has 170 valence electrons. The molecule has 1 heterocycles. The van der Waals surface area contributed by atoms with E-state index in [-0.39, 0.29) is 12.0 Å². The number of methoxy groups -OCH3 is 1. The number of aromatic nitrogens is 2. The molecule has 7 heteroatoms. The second-order valence-corrected chi connectivity index (χ2v) is 7.48. The van der Waals surface area contributed by atoms with Crippen LogP contribution in [0.1, 0.15) is 51.1 Å². The molecule has 32 heavy (non-hydrogen) atoms. The van der Waals surface area contributed by atoms with E-state index in [0.29, 0.717) is 31.1 Å². The quantitative estimate of drug-likeness (QED) is 0.303. The highest BCUT2D eigenvalue weighted by molar-refractivity contribution is 5.91. The maximum atomic E-state index is 11.4. The third-order valence-electron chi connectivity index (χ3n) is 5.16. The lowest BCUT2D eigenvalue weighted by Gasteiger charge is -2.17. The molecular weight excluding hydrogens is 406 g/mol. The first kappa shape index (κ1) is 23.3. The number of carbonyl (C=O) groups is 1. The fraction of sp³-hybridized carbons (Fsp3) is 0.400. The van der Waals surface area contributed by atoms with Gasteiger partial charge in [0.2, 0.25) is 0 Å². The lowest BCUT2D eigenvalue weighted by molar-refractivity contribution is -0.143. The van der Waals surface area contributed by atoms with Crippen molar-refractivity contribution in [3.05, 3.63) is 54.4 Å². The molecular formula is C25H31N3O4. The summed E-state index contributed by atoms with van der Waals surface area (Å²) >= 11 is 0. The molecule has 3 aromatic rings. The van der Waals surface area contributed by atoms with Crippen LogP contribution in [0.5, 0.6) is 11.5 Å². The van der Waals surface area contributed by atoms with Crippen LogP contribution in [-0.4, -0.2) is 36.3 Å². The lowest BCUT2D eigenvalue weighted by atomic mass is 10.1. The summed E-state index contributed by atoms with van der Waals surface area (Å²) in [6.45, 7) is 4.87. The van der Waals surface area contributed by atoms with Crippen LogP contribution in [0, 0.1) is 0 Å². The molecule has 0 spiro atoms. The van der Waals surface area contributed by atoms with Crippen molar-refractivity contribution in [1.29, 1.82) is 0 Å². The second kappa shape index (κ2) is 11.9. The number of hydrogen-bond acceptors (Lipinski definition) is 7. The summed E-state index contributed by atoms with van der Waals surface area (Å²) in [6.07, 6.45) is 4.50. The molecule has 0 aliphatic heterocycles. The van der Waals surface area contributed by atoms with Gasteiger partial charge >= 0.3 is 5.97 Å². The summed E-state index contributed by atoms with van der Waals surface area (Å²) in [7, 11) is 1.62. The van der Waals surface area contributed by atoms with Crippen molar-refractivity contribution < 1.29 is 19.0 Å². The van der Waals surface area contributed by atoms with Gasteiger partial charge in [0.25, 0.3) is 0 Å². The van der Waals surface area contributed by atoms with Gasteiger partial charge in [0.15, 0.2) is 11.5 Å². The number of rotatable bonds is 12. The van der Waals surface area contributed by atoms with Crippen LogP contribution in [0.4, 0.5) is 5.82 Å². The largest absolute Gasteiger partial charge is 0.493 e. The number of unbranched alkanes of at least 4 members (excludes halogenated alkanes) is 2. The summed E-state index contributed by atoms with van der Waals surface area (Å²) in [6, 6.07) is 14.1. The summed E-state index contributed by atoms with van der Waals surface area (Å²) in [5, 5.41) is 4.35. The minimum atomic E-state index is -0.144. The van der Waals surface area contributed by atoms with Gasteiger partial charge in [0.05, 0.1) is 25.8 Å². The summed E-state index contributed by atoms with van der Waals surface area (Å²) in [5.41, 5.74) is 1.95. The molecule has 0 fully saturated rings. The van der Waals surface area contributed by atoms with Crippen LogP contribution in [0.15, 0.2) is 48.8 Å². The number of benzene rings is 2. The zero-order valence-electron chi connectivity index (χ0n) is 19.0. The van der Waals surface area contributed by atoms with E-state index < -0.39 is 0 Å². The van der Waals surface area contributed by atoms with Crippen LogP contribution >= 0.6 is 0 Å². The Morgan fingerprint density at radius 3 is 2.62 bits per heavy atom. The fourth-order valence-corrected chi connectivity index (χ4v) is 3.44. The van der Waals surface area contributed by atoms with Crippen LogP contribution in [0.25, 0.3) is 10.9 Å². The Labute approximate surface area is 189 Å². The zero-order chi connectivity index (χ0) is 22.8. The van der Waals surface area contributed by atoms with Crippen molar-refractivity contribution in [2.24, 2.45) is 0 Å². The number of carbonyl (C=O) groups excluding carboxylic acids is 1. The number of ether oxygens (including phenoxy) is 3. The summed E-state index contributed by atoms with van der Waals surface area (Å²) in [5.74, 6) is 1.88. The summed E-state index contributed by atoms with van der Waals surface area (Å²) < 4.78 is 16.5. The SMILES string of the molecule is CCOC(=O)CCCCCOc1cc2c(NC(C)c3ccccc3)ncnc2cc1OC. The first-order chi connectivity index (χ1) is 15.6. The zero-order valence-corrected chi connectivity index (χ0v) is 19.0. The smallest absolute Gasteiger partial charge is 0.305 e. The molecule has 2 aromatic carbocycles. The number of hydrogen-bond donors (Lipinski definition) is 1. The Balaban J connectivity index is 1.67. The van der Waals surface area contributed by atoms with Gasteiger partial charge in [-0.2, -0.15) is 0 Å². The van der Waals surface area contributed by atoms with E-state index in [1.54, 1.807) is 13.4 Å². The number of nitrogens with zero attached hydrogens (tertiary/aromatic N) is 2. The molecule has 1 N–H and O–H groups in total. The maximum absolute atomic E-state index is 11.4. The third kappa shape index (κ3) is 6.33. The minimum absolute atomic E-state index is 0.0835. The highest BCUT2D eigenvalue weighted by Crippen LogP contribution is 2.35. The van der Waals surface area contributed by atoms with Crippen molar-refractivity contribution in [3.63, 3.8) is 0 Å². The molecule has 0 saturated carbocycles. The van der Waals surface area contributed by atoms with Crippen molar-refractivity contribution in [1.82, 2.24) is 9.97 Å². The van der Waals surface area contributed by atoms with E-state index in [2.05, 4.69) is 34.3 Å². The third-order valence-corrected chi connectivity index (χ3v) is 5.16. The monoisotopic (exact) mass is 437 g/mol. The van der Waals surface area contributed by atoms with E-state index in [1.165, 1.54) is 5.56 Å². The maximum Gasteiger partial charge on any atom is 0.305 e. The van der Waals surface area contributed by atoms with E-state index in [9.17, 15) is 4.79 Å². The molecule has 0 bridgehead atoms. The van der Waals surface area contributed by atoms with E-state index >= 15 is 0 Å². The Morgan fingerprint density at radius 1 is 1.06 bits per heavy atom. The Morgan fingerprint density at radius 2 is 1.88 bits per heavy atom. The van der Waals surface area contributed by atoms with Gasteiger partial charge < -0.3 is 19.5 Å². The second-order valence-electron chi connectivity index (χ2n) is 7.48. The number of anilines is 1. The van der Waals surface area contributed by atoms with E-state index in [1.807, 2.05) is 37.3 Å². The van der Waals surface area contributed by atoms with Crippen molar-refractivity contribution in [3.8, 4) is 11.5 Å². The van der Waals surface area contributed by atoms with Gasteiger partial charge in [0.1, 0.15) is 12.1 Å². The summed E-state index contributed by atoms with van der Waals surface area (Å²) in [4.78, 5) is 20.3. The van der Waals surface area contributed by atoms with Gasteiger partial charge in [-0.1, -0.05) is 30.3 Å². The first-order valence-corrected chi connectivity index (χ1v) is 11.0. The average Bonchev–Trinajstić information content (AvgIpc) is 2.81. The predicted molar refractivity (Wildman–Crippen MR) is 125 cm³/mol. The Hall–Kier alpha value is -3.35. The van der Waals surface area contributed by atoms with Gasteiger partial charge in [-0.05, 0) is 44.7 Å². The first-order valence-electron chi connectivity index (χ1n) is 11.0. The molecule has 0 amide bonds. The van der Waals surface area contributed by atoms with E-state index in [4.69, 9.17) is 14.2 Å². The van der Waals surface area contributed by atoms with Crippen molar-refractivity contribution in [2.75, 3.05) is 25.6 Å². The fourth-order valence-electron chi connectivity index (χ4n) is 3.44. The average molecular weight is 438 g/mol. The highest BCUT2D eigenvalue weighted by Gasteiger charge is 2.14. The highest BCUT2D eigenvalue weighted by atomic mass is 16.5. The standard InChI is InChI=1S/C25H31N3O4/c1-4-31-24(29)13-9-6-10-14-32-23-15-20-21(16-22(23)30-3)26-17-27-25(20)28-18(2)19-11-7-5-8-12-19/h5,7-8,11-12,15-18H,4,6,9-10,13-14H2,1-3H3,(H,26,27,28). The van der Waals surface area contributed by atoms with Crippen LogP contribution in [0.2, 0.25) is 0 Å². The normalized spacial score (nSPS) is 11.7. The molecule has 0 aliphatic rings. The molecule has 0 radical (unpaired) electrons. The number of nitrogens with one attached hydrogen (secondary N) is 1. The van der Waals surface area contributed by atoms with Crippen LogP contribution < -0.4 is 14.8 Å². The molecule has 0 saturated heterocycles. The predicted octanol–water partition coefficient (Wildman–Crippen LogP) is 5.31. The van der Waals surface area contributed by atoms with Crippen LogP contribution in [-0.2, 0) is 9.53 Å². The molecule has 1 aromatic heterocycles. The van der Waals surface area contributed by atoms with Crippen molar-refractivity contribution in [2.45, 2.75) is 45.6 Å². The molecule has 1 atom stereocenters. The van der Waals surface area contributed by atoms with E-state index in [0.717, 1.165) is 36.0 Å². The van der Waals surface area contributed by atoms with Crippen LogP contribution in [0.3, 0.4) is 0 Å². The number of esters is 1. The molecule has 3 rings (SSSR count). The Bertz CT molecular complexity index is 1010. The molecule has 0 aliphatic carbocycles. The Kier molecular flexibility index (Phi) is 8.66. The molecule has 7 nitrogen and oxygen atoms in total. The van der Waals surface area contributed by atoms with Crippen molar-refractivity contribution >= 4 is 22.7 Å². The number of fused-ring (bicyclic) bond motifs is 1. The van der Waals surface area contributed by atoms with Gasteiger partial charge in [0, 0.05) is 23.9 Å². The lowest BCUT2D eigenvalue weighted by Crippen LogP contribution is -2.09.